The van der Waals surface area contributed by atoms with Crippen molar-refractivity contribution in [3.8, 4) is 33.8 Å². The van der Waals surface area contributed by atoms with Gasteiger partial charge in [-0.05, 0) is 35.4 Å². The predicted octanol–water partition coefficient (Wildman–Crippen LogP) is 5.37. The van der Waals surface area contributed by atoms with Crippen LogP contribution in [0.2, 0.25) is 5.02 Å². The molecule has 1 aromatic heterocycles. The zero-order valence-corrected chi connectivity index (χ0v) is 16.2. The summed E-state index contributed by atoms with van der Waals surface area (Å²) in [6, 6.07) is 16.7. The van der Waals surface area contributed by atoms with Crippen LogP contribution in [-0.4, -0.2) is 29.2 Å². The molecule has 3 aromatic carbocycles. The molecule has 1 heterocycles. The number of halogens is 1. The van der Waals surface area contributed by atoms with Crippen molar-refractivity contribution in [3.05, 3.63) is 65.8 Å². The zero-order valence-electron chi connectivity index (χ0n) is 15.4. The van der Waals surface area contributed by atoms with E-state index >= 15 is 0 Å². The summed E-state index contributed by atoms with van der Waals surface area (Å²) in [6.45, 7) is 0. The van der Waals surface area contributed by atoms with Crippen LogP contribution in [0.3, 0.4) is 0 Å². The summed E-state index contributed by atoms with van der Waals surface area (Å²) in [5.74, 6) is 1.22. The molecule has 0 radical (unpaired) electrons. The van der Waals surface area contributed by atoms with Crippen LogP contribution < -0.4 is 10.1 Å². The Labute approximate surface area is 167 Å². The smallest absolute Gasteiger partial charge is 0.223 e. The van der Waals surface area contributed by atoms with E-state index in [2.05, 4.69) is 15.3 Å². The van der Waals surface area contributed by atoms with E-state index in [-0.39, 0.29) is 5.75 Å². The third kappa shape index (κ3) is 3.10. The number of phenolic OH excluding ortho intramolecular Hbond substituents is 1. The van der Waals surface area contributed by atoms with Gasteiger partial charge in [0.25, 0.3) is 0 Å². The molecule has 0 fully saturated rings. The molecule has 5 nitrogen and oxygen atoms in total. The number of ether oxygens (including phenoxy) is 1. The Bertz CT molecular complexity index is 1180. The fourth-order valence-electron chi connectivity index (χ4n) is 3.29. The third-order valence-corrected chi connectivity index (χ3v) is 4.82. The Morgan fingerprint density at radius 1 is 1.00 bits per heavy atom. The molecule has 0 saturated carbocycles. The van der Waals surface area contributed by atoms with Crippen molar-refractivity contribution in [2.75, 3.05) is 19.5 Å². The van der Waals surface area contributed by atoms with E-state index in [1.54, 1.807) is 32.5 Å². The minimum Gasteiger partial charge on any atom is -0.507 e. The first-order valence-corrected chi connectivity index (χ1v) is 9.10. The summed E-state index contributed by atoms with van der Waals surface area (Å²) in [7, 11) is 3.36. The van der Waals surface area contributed by atoms with Gasteiger partial charge in [-0.15, -0.1) is 0 Å². The van der Waals surface area contributed by atoms with Crippen molar-refractivity contribution in [2.24, 2.45) is 0 Å². The number of anilines is 1. The average Bonchev–Trinajstić information content (AvgIpc) is 2.72. The second-order valence-corrected chi connectivity index (χ2v) is 6.67. The van der Waals surface area contributed by atoms with Crippen LogP contribution >= 0.6 is 11.6 Å². The molecule has 0 unspecified atom stereocenters. The largest absolute Gasteiger partial charge is 0.507 e. The van der Waals surface area contributed by atoms with Crippen LogP contribution in [0.15, 0.2) is 60.8 Å². The molecule has 0 atom stereocenters. The third-order valence-electron chi connectivity index (χ3n) is 4.58. The highest BCUT2D eigenvalue weighted by atomic mass is 35.5. The van der Waals surface area contributed by atoms with Crippen molar-refractivity contribution in [1.29, 1.82) is 0 Å². The standard InChI is InChI=1S/C22H18ClN3O2/c1-24-22-25-12-18-16(13-6-5-7-14(23)10-13)11-17(21(28-2)20(18)26-22)15-8-3-4-9-19(15)27/h3-12,27H,1-2H3,(H,24,25,26). The summed E-state index contributed by atoms with van der Waals surface area (Å²) < 4.78 is 5.73. The monoisotopic (exact) mass is 391 g/mol. The Balaban J connectivity index is 2.13. The summed E-state index contributed by atoms with van der Waals surface area (Å²) >= 11 is 6.23. The van der Waals surface area contributed by atoms with Crippen molar-refractivity contribution in [3.63, 3.8) is 0 Å². The number of phenols is 1. The molecular weight excluding hydrogens is 374 g/mol. The van der Waals surface area contributed by atoms with Crippen LogP contribution in [0.5, 0.6) is 11.5 Å². The molecule has 0 spiro atoms. The summed E-state index contributed by atoms with van der Waals surface area (Å²) in [5.41, 5.74) is 3.88. The maximum Gasteiger partial charge on any atom is 0.223 e. The Morgan fingerprint density at radius 3 is 2.54 bits per heavy atom. The number of para-hydroxylation sites is 1. The lowest BCUT2D eigenvalue weighted by molar-refractivity contribution is 0.419. The molecule has 140 valence electrons. The molecule has 0 aliphatic heterocycles. The number of nitrogens with zero attached hydrogens (tertiary/aromatic N) is 2. The molecule has 6 heteroatoms. The Kier molecular flexibility index (Phi) is 4.75. The van der Waals surface area contributed by atoms with E-state index in [0.29, 0.717) is 27.8 Å². The molecule has 4 rings (SSSR count). The van der Waals surface area contributed by atoms with E-state index in [1.807, 2.05) is 42.5 Å². The van der Waals surface area contributed by atoms with Gasteiger partial charge in [0, 0.05) is 34.8 Å². The van der Waals surface area contributed by atoms with Gasteiger partial charge < -0.3 is 15.2 Å². The van der Waals surface area contributed by atoms with Crippen LogP contribution in [0, 0.1) is 0 Å². The first kappa shape index (κ1) is 18.1. The van der Waals surface area contributed by atoms with Crippen LogP contribution in [0.25, 0.3) is 33.2 Å². The van der Waals surface area contributed by atoms with Gasteiger partial charge in [0.1, 0.15) is 11.3 Å². The molecule has 2 N–H and O–H groups in total. The van der Waals surface area contributed by atoms with Gasteiger partial charge in [0.2, 0.25) is 5.95 Å². The van der Waals surface area contributed by atoms with Crippen molar-refractivity contribution in [1.82, 2.24) is 9.97 Å². The van der Waals surface area contributed by atoms with Gasteiger partial charge in [-0.1, -0.05) is 41.9 Å². The fraction of sp³-hybridized carbons (Fsp3) is 0.0909. The van der Waals surface area contributed by atoms with Gasteiger partial charge in [-0.25, -0.2) is 9.97 Å². The lowest BCUT2D eigenvalue weighted by atomic mass is 9.94. The normalized spacial score (nSPS) is 10.8. The van der Waals surface area contributed by atoms with Gasteiger partial charge in [-0.3, -0.25) is 0 Å². The Morgan fingerprint density at radius 2 is 1.82 bits per heavy atom. The number of aromatic hydroxyl groups is 1. The number of methoxy groups -OCH3 is 1. The van der Waals surface area contributed by atoms with Gasteiger partial charge in [-0.2, -0.15) is 0 Å². The topological polar surface area (TPSA) is 67.3 Å². The second kappa shape index (κ2) is 7.37. The van der Waals surface area contributed by atoms with E-state index in [0.717, 1.165) is 22.1 Å². The minimum absolute atomic E-state index is 0.167. The number of hydrogen-bond donors (Lipinski definition) is 2. The highest BCUT2D eigenvalue weighted by Gasteiger charge is 2.19. The number of fused-ring (bicyclic) bond motifs is 1. The molecule has 0 bridgehead atoms. The number of aromatic nitrogens is 2. The quantitative estimate of drug-likeness (QED) is 0.489. The van der Waals surface area contributed by atoms with Crippen molar-refractivity contribution < 1.29 is 9.84 Å². The second-order valence-electron chi connectivity index (χ2n) is 6.24. The van der Waals surface area contributed by atoms with Gasteiger partial charge in [0.05, 0.1) is 7.11 Å². The number of nitrogens with one attached hydrogen (secondary N) is 1. The highest BCUT2D eigenvalue weighted by molar-refractivity contribution is 6.31. The van der Waals surface area contributed by atoms with Crippen LogP contribution in [-0.2, 0) is 0 Å². The molecule has 0 saturated heterocycles. The van der Waals surface area contributed by atoms with Crippen LogP contribution in [0.4, 0.5) is 5.95 Å². The minimum atomic E-state index is 0.167. The lowest BCUT2D eigenvalue weighted by Gasteiger charge is -2.17. The maximum absolute atomic E-state index is 10.4. The number of rotatable bonds is 4. The molecule has 0 aliphatic rings. The molecule has 4 aromatic rings. The number of hydrogen-bond acceptors (Lipinski definition) is 5. The summed E-state index contributed by atoms with van der Waals surface area (Å²) in [4.78, 5) is 9.00. The highest BCUT2D eigenvalue weighted by Crippen LogP contribution is 2.44. The first-order valence-electron chi connectivity index (χ1n) is 8.72. The average molecular weight is 392 g/mol. The molecule has 0 amide bonds. The van der Waals surface area contributed by atoms with Crippen molar-refractivity contribution in [2.45, 2.75) is 0 Å². The molecular formula is C22H18ClN3O2. The Hall–Kier alpha value is -3.31. The number of benzene rings is 3. The van der Waals surface area contributed by atoms with E-state index in [9.17, 15) is 5.11 Å². The summed E-state index contributed by atoms with van der Waals surface area (Å²) in [6.07, 6.45) is 1.77. The summed E-state index contributed by atoms with van der Waals surface area (Å²) in [5, 5.41) is 14.9. The fourth-order valence-corrected chi connectivity index (χ4v) is 3.48. The van der Waals surface area contributed by atoms with E-state index in [1.165, 1.54) is 0 Å². The molecule has 28 heavy (non-hydrogen) atoms. The van der Waals surface area contributed by atoms with E-state index in [4.69, 9.17) is 16.3 Å². The van der Waals surface area contributed by atoms with Crippen LogP contribution in [0.1, 0.15) is 0 Å². The van der Waals surface area contributed by atoms with Crippen molar-refractivity contribution >= 4 is 28.5 Å². The molecule has 0 aliphatic carbocycles. The van der Waals surface area contributed by atoms with Gasteiger partial charge >= 0.3 is 0 Å². The predicted molar refractivity (Wildman–Crippen MR) is 113 cm³/mol. The van der Waals surface area contributed by atoms with E-state index < -0.39 is 0 Å². The maximum atomic E-state index is 10.4. The SMILES string of the molecule is CNc1ncc2c(-c3cccc(Cl)c3)cc(-c3ccccc3O)c(OC)c2n1. The first-order chi connectivity index (χ1) is 13.6. The zero-order chi connectivity index (χ0) is 19.7. The van der Waals surface area contributed by atoms with Gasteiger partial charge in [0.15, 0.2) is 5.75 Å². The lowest BCUT2D eigenvalue weighted by Crippen LogP contribution is -2.00.